The van der Waals surface area contributed by atoms with E-state index < -0.39 is 0 Å². The highest BCUT2D eigenvalue weighted by Crippen LogP contribution is 2.22. The van der Waals surface area contributed by atoms with Gasteiger partial charge in [0.05, 0.1) is 26.0 Å². The fraction of sp³-hybridized carbons (Fsp3) is 0.421. The Morgan fingerprint density at radius 1 is 1.20 bits per heavy atom. The van der Waals surface area contributed by atoms with Crippen LogP contribution in [-0.2, 0) is 17.8 Å². The first-order valence-electron chi connectivity index (χ1n) is 8.49. The van der Waals surface area contributed by atoms with E-state index in [4.69, 9.17) is 9.47 Å². The third-order valence-corrected chi connectivity index (χ3v) is 4.28. The summed E-state index contributed by atoms with van der Waals surface area (Å²) in [6, 6.07) is 9.37. The molecule has 1 aromatic heterocycles. The summed E-state index contributed by atoms with van der Waals surface area (Å²) in [6.07, 6.45) is 0. The molecule has 3 rings (SSSR count). The van der Waals surface area contributed by atoms with Gasteiger partial charge in [-0.3, -0.25) is 0 Å². The molecule has 1 aliphatic heterocycles. The van der Waals surface area contributed by atoms with Crippen LogP contribution in [0, 0.1) is 12.7 Å². The van der Waals surface area contributed by atoms with Crippen LogP contribution in [0.25, 0.3) is 0 Å². The second kappa shape index (κ2) is 8.27. The first-order valence-corrected chi connectivity index (χ1v) is 8.49. The number of ether oxygens (including phenoxy) is 2. The van der Waals surface area contributed by atoms with E-state index in [1.807, 2.05) is 36.1 Å². The third-order valence-electron chi connectivity index (χ3n) is 4.28. The van der Waals surface area contributed by atoms with Crippen molar-refractivity contribution in [2.24, 2.45) is 0 Å². The quantitative estimate of drug-likeness (QED) is 0.872. The highest BCUT2D eigenvalue weighted by molar-refractivity contribution is 5.49. The number of aromatic nitrogens is 1. The van der Waals surface area contributed by atoms with E-state index >= 15 is 0 Å². The molecule has 0 radical (unpaired) electrons. The smallest absolute Gasteiger partial charge is 0.217 e. The minimum Gasteiger partial charge on any atom is -0.481 e. The van der Waals surface area contributed by atoms with Gasteiger partial charge in [-0.1, -0.05) is 12.1 Å². The van der Waals surface area contributed by atoms with Gasteiger partial charge in [-0.25, -0.2) is 9.37 Å². The minimum absolute atomic E-state index is 0.184. The molecule has 2 heterocycles. The Bertz CT molecular complexity index is 718. The number of nitrogens with zero attached hydrogens (tertiary/aromatic N) is 2. The Morgan fingerprint density at radius 3 is 2.72 bits per heavy atom. The standard InChI is InChI=1S/C19H24FN3O2/c1-14-3-5-16(19(22-14)24-2)13-21-12-15-4-6-18(17(20)11-15)23-7-9-25-10-8-23/h3-6,11,21H,7-10,12-13H2,1-2H3. The van der Waals surface area contributed by atoms with Crippen LogP contribution in [0.3, 0.4) is 0 Å². The molecular formula is C19H24FN3O2. The van der Waals surface area contributed by atoms with Gasteiger partial charge in [0.15, 0.2) is 0 Å². The second-order valence-electron chi connectivity index (χ2n) is 6.11. The van der Waals surface area contributed by atoms with E-state index in [1.165, 1.54) is 0 Å². The van der Waals surface area contributed by atoms with Crippen LogP contribution in [0.5, 0.6) is 5.88 Å². The van der Waals surface area contributed by atoms with Crippen LogP contribution in [0.2, 0.25) is 0 Å². The first-order chi connectivity index (χ1) is 12.2. The Balaban J connectivity index is 1.59. The normalized spacial score (nSPS) is 14.6. The Hall–Kier alpha value is -2.18. The number of pyridine rings is 1. The highest BCUT2D eigenvalue weighted by atomic mass is 19.1. The molecule has 1 aromatic carbocycles. The fourth-order valence-corrected chi connectivity index (χ4v) is 2.94. The topological polar surface area (TPSA) is 46.6 Å². The number of aryl methyl sites for hydroxylation is 1. The van der Waals surface area contributed by atoms with Crippen LogP contribution >= 0.6 is 0 Å². The monoisotopic (exact) mass is 345 g/mol. The van der Waals surface area contributed by atoms with Crippen molar-refractivity contribution < 1.29 is 13.9 Å². The molecule has 134 valence electrons. The number of halogens is 1. The van der Waals surface area contributed by atoms with Gasteiger partial charge in [-0.2, -0.15) is 0 Å². The predicted molar refractivity (Wildman–Crippen MR) is 95.5 cm³/mol. The molecule has 2 aromatic rings. The van der Waals surface area contributed by atoms with Crippen molar-refractivity contribution in [3.05, 3.63) is 53.0 Å². The molecule has 0 unspecified atom stereocenters. The molecule has 1 saturated heterocycles. The number of hydrogen-bond donors (Lipinski definition) is 1. The number of nitrogens with one attached hydrogen (secondary N) is 1. The molecule has 1 fully saturated rings. The third kappa shape index (κ3) is 4.46. The maximum atomic E-state index is 14.4. The number of morpholine rings is 1. The van der Waals surface area contributed by atoms with Crippen molar-refractivity contribution in [2.45, 2.75) is 20.0 Å². The van der Waals surface area contributed by atoms with Crippen molar-refractivity contribution in [3.8, 4) is 5.88 Å². The van der Waals surface area contributed by atoms with E-state index in [2.05, 4.69) is 10.3 Å². The van der Waals surface area contributed by atoms with E-state index in [0.29, 0.717) is 37.9 Å². The van der Waals surface area contributed by atoms with Gasteiger partial charge in [-0.05, 0) is 30.7 Å². The molecule has 1 N–H and O–H groups in total. The summed E-state index contributed by atoms with van der Waals surface area (Å²) in [5, 5.41) is 3.32. The lowest BCUT2D eigenvalue weighted by Gasteiger charge is -2.29. The van der Waals surface area contributed by atoms with Crippen molar-refractivity contribution >= 4 is 5.69 Å². The number of benzene rings is 1. The summed E-state index contributed by atoms with van der Waals surface area (Å²) in [5.74, 6) is 0.442. The molecule has 1 aliphatic rings. The lowest BCUT2D eigenvalue weighted by molar-refractivity contribution is 0.122. The summed E-state index contributed by atoms with van der Waals surface area (Å²) in [6.45, 7) is 5.88. The Morgan fingerprint density at radius 2 is 2.00 bits per heavy atom. The Labute approximate surface area is 147 Å². The van der Waals surface area contributed by atoms with Gasteiger partial charge in [0, 0.05) is 37.4 Å². The zero-order chi connectivity index (χ0) is 17.6. The van der Waals surface area contributed by atoms with Gasteiger partial charge in [0.2, 0.25) is 5.88 Å². The number of hydrogen-bond acceptors (Lipinski definition) is 5. The van der Waals surface area contributed by atoms with Gasteiger partial charge >= 0.3 is 0 Å². The summed E-state index contributed by atoms with van der Waals surface area (Å²) in [4.78, 5) is 6.38. The van der Waals surface area contributed by atoms with E-state index in [1.54, 1.807) is 13.2 Å². The summed E-state index contributed by atoms with van der Waals surface area (Å²) in [5.41, 5.74) is 3.46. The van der Waals surface area contributed by atoms with Gasteiger partial charge in [0.1, 0.15) is 5.82 Å². The van der Waals surface area contributed by atoms with Crippen molar-refractivity contribution in [3.63, 3.8) is 0 Å². The number of rotatable bonds is 6. The van der Waals surface area contributed by atoms with Crippen molar-refractivity contribution in [1.29, 1.82) is 0 Å². The van der Waals surface area contributed by atoms with E-state index in [0.717, 1.165) is 29.9 Å². The van der Waals surface area contributed by atoms with Crippen LogP contribution < -0.4 is 15.0 Å². The molecule has 0 atom stereocenters. The average Bonchev–Trinajstić information content (AvgIpc) is 2.63. The minimum atomic E-state index is -0.184. The molecule has 0 bridgehead atoms. The SMILES string of the molecule is COc1nc(C)ccc1CNCc1ccc(N2CCOCC2)c(F)c1. The molecule has 6 heteroatoms. The van der Waals surface area contributed by atoms with Crippen LogP contribution in [-0.4, -0.2) is 38.4 Å². The number of anilines is 1. The van der Waals surface area contributed by atoms with Crippen LogP contribution in [0.1, 0.15) is 16.8 Å². The van der Waals surface area contributed by atoms with Crippen LogP contribution in [0.15, 0.2) is 30.3 Å². The van der Waals surface area contributed by atoms with Gasteiger partial charge in [-0.15, -0.1) is 0 Å². The first kappa shape index (κ1) is 17.6. The molecular weight excluding hydrogens is 321 g/mol. The zero-order valence-electron chi connectivity index (χ0n) is 14.7. The maximum absolute atomic E-state index is 14.4. The van der Waals surface area contributed by atoms with E-state index in [9.17, 15) is 4.39 Å². The van der Waals surface area contributed by atoms with E-state index in [-0.39, 0.29) is 5.82 Å². The fourth-order valence-electron chi connectivity index (χ4n) is 2.94. The number of methoxy groups -OCH3 is 1. The molecule has 0 spiro atoms. The van der Waals surface area contributed by atoms with Gasteiger partial charge < -0.3 is 19.7 Å². The molecule has 5 nitrogen and oxygen atoms in total. The predicted octanol–water partition coefficient (Wildman–Crippen LogP) is 2.66. The summed E-state index contributed by atoms with van der Waals surface area (Å²) < 4.78 is 25.0. The average molecular weight is 345 g/mol. The lowest BCUT2D eigenvalue weighted by Crippen LogP contribution is -2.36. The van der Waals surface area contributed by atoms with Crippen molar-refractivity contribution in [1.82, 2.24) is 10.3 Å². The Kier molecular flexibility index (Phi) is 5.83. The lowest BCUT2D eigenvalue weighted by atomic mass is 10.1. The van der Waals surface area contributed by atoms with Crippen molar-refractivity contribution in [2.75, 3.05) is 38.3 Å². The molecule has 0 aliphatic carbocycles. The maximum Gasteiger partial charge on any atom is 0.217 e. The second-order valence-corrected chi connectivity index (χ2v) is 6.11. The summed E-state index contributed by atoms with van der Waals surface area (Å²) in [7, 11) is 1.62. The molecule has 0 saturated carbocycles. The van der Waals surface area contributed by atoms with Gasteiger partial charge in [0.25, 0.3) is 0 Å². The zero-order valence-corrected chi connectivity index (χ0v) is 14.7. The molecule has 0 amide bonds. The highest BCUT2D eigenvalue weighted by Gasteiger charge is 2.15. The molecule has 25 heavy (non-hydrogen) atoms. The van der Waals surface area contributed by atoms with Crippen LogP contribution in [0.4, 0.5) is 10.1 Å². The largest absolute Gasteiger partial charge is 0.481 e. The summed E-state index contributed by atoms with van der Waals surface area (Å²) >= 11 is 0.